The number of nitriles is 1. The molecule has 3 aromatic rings. The van der Waals surface area contributed by atoms with Gasteiger partial charge in [-0.05, 0) is 36.8 Å². The molecule has 0 aliphatic carbocycles. The van der Waals surface area contributed by atoms with E-state index in [1.807, 2.05) is 31.2 Å². The molecule has 116 valence electrons. The van der Waals surface area contributed by atoms with Crippen molar-refractivity contribution in [2.45, 2.75) is 6.92 Å². The average Bonchev–Trinajstić information content (AvgIpc) is 2.61. The molecule has 1 N–H and O–H groups in total. The van der Waals surface area contributed by atoms with Gasteiger partial charge in [0.2, 0.25) is 0 Å². The third kappa shape index (κ3) is 3.28. The van der Waals surface area contributed by atoms with E-state index in [1.165, 1.54) is 6.21 Å². The lowest BCUT2D eigenvalue weighted by atomic mass is 10.1. The van der Waals surface area contributed by atoms with E-state index in [0.29, 0.717) is 11.1 Å². The highest BCUT2D eigenvalue weighted by atomic mass is 16.2. The van der Waals surface area contributed by atoms with Crippen LogP contribution < -0.4 is 5.43 Å². The summed E-state index contributed by atoms with van der Waals surface area (Å²) in [4.78, 5) is 16.8. The molecule has 0 aliphatic rings. The molecule has 1 aromatic heterocycles. The van der Waals surface area contributed by atoms with E-state index in [-0.39, 0.29) is 5.91 Å². The van der Waals surface area contributed by atoms with Gasteiger partial charge in [0.25, 0.3) is 5.91 Å². The second kappa shape index (κ2) is 6.71. The number of hydrazone groups is 1. The zero-order valence-corrected chi connectivity index (χ0v) is 13.0. The second-order valence-corrected chi connectivity index (χ2v) is 5.26. The Labute approximate surface area is 139 Å². The number of fused-ring (bicyclic) bond motifs is 1. The number of hydrogen-bond donors (Lipinski definition) is 1. The van der Waals surface area contributed by atoms with Crippen LogP contribution in [0.1, 0.15) is 27.2 Å². The van der Waals surface area contributed by atoms with Crippen molar-refractivity contribution in [3.63, 3.8) is 0 Å². The van der Waals surface area contributed by atoms with E-state index in [1.54, 1.807) is 30.3 Å². The molecule has 2 aromatic carbocycles. The van der Waals surface area contributed by atoms with Crippen molar-refractivity contribution >= 4 is 23.0 Å². The van der Waals surface area contributed by atoms with Crippen molar-refractivity contribution in [3.05, 3.63) is 77.0 Å². The summed E-state index contributed by atoms with van der Waals surface area (Å²) in [6.45, 7) is 1.85. The van der Waals surface area contributed by atoms with Crippen molar-refractivity contribution in [2.75, 3.05) is 0 Å². The highest BCUT2D eigenvalue weighted by Crippen LogP contribution is 2.18. The molecule has 0 fully saturated rings. The number of carbonyl (C=O) groups is 1. The quantitative estimate of drug-likeness (QED) is 0.595. The number of hydrogen-bond acceptors (Lipinski definition) is 4. The van der Waals surface area contributed by atoms with Crippen LogP contribution >= 0.6 is 0 Å². The lowest BCUT2D eigenvalue weighted by Gasteiger charge is -2.06. The maximum Gasteiger partial charge on any atom is 0.272 e. The summed E-state index contributed by atoms with van der Waals surface area (Å²) in [5, 5.41) is 13.5. The van der Waals surface area contributed by atoms with Gasteiger partial charge in [0.05, 0.1) is 28.9 Å². The SMILES string of the molecule is Cc1cc(C(=O)NN=Cc2ccc(C#N)cc2)c2ccccc2n1. The highest BCUT2D eigenvalue weighted by Gasteiger charge is 2.10. The summed E-state index contributed by atoms with van der Waals surface area (Å²) < 4.78 is 0. The van der Waals surface area contributed by atoms with Crippen molar-refractivity contribution in [3.8, 4) is 6.07 Å². The maximum atomic E-state index is 12.4. The van der Waals surface area contributed by atoms with Gasteiger partial charge in [0.1, 0.15) is 0 Å². The van der Waals surface area contributed by atoms with Crippen LogP contribution in [0.3, 0.4) is 0 Å². The number of aromatic nitrogens is 1. The molecule has 5 heteroatoms. The largest absolute Gasteiger partial charge is 0.272 e. The molecule has 0 atom stereocenters. The van der Waals surface area contributed by atoms with Gasteiger partial charge >= 0.3 is 0 Å². The number of carbonyl (C=O) groups excluding carboxylic acids is 1. The summed E-state index contributed by atoms with van der Waals surface area (Å²) in [5.41, 5.74) is 5.99. The van der Waals surface area contributed by atoms with Crippen molar-refractivity contribution in [1.82, 2.24) is 10.4 Å². The smallest absolute Gasteiger partial charge is 0.267 e. The second-order valence-electron chi connectivity index (χ2n) is 5.26. The molecule has 0 unspecified atom stereocenters. The van der Waals surface area contributed by atoms with Crippen molar-refractivity contribution in [2.24, 2.45) is 5.10 Å². The molecular formula is C19H14N4O. The molecule has 1 amide bonds. The highest BCUT2D eigenvalue weighted by molar-refractivity contribution is 6.06. The van der Waals surface area contributed by atoms with Gasteiger partial charge in [-0.2, -0.15) is 10.4 Å². The van der Waals surface area contributed by atoms with Gasteiger partial charge in [0.15, 0.2) is 0 Å². The van der Waals surface area contributed by atoms with Gasteiger partial charge in [0, 0.05) is 11.1 Å². The van der Waals surface area contributed by atoms with E-state index in [0.717, 1.165) is 22.2 Å². The fraction of sp³-hybridized carbons (Fsp3) is 0.0526. The topological polar surface area (TPSA) is 78.1 Å². The van der Waals surface area contributed by atoms with Crippen LogP contribution in [0.4, 0.5) is 0 Å². The molecule has 0 saturated carbocycles. The zero-order chi connectivity index (χ0) is 16.9. The molecule has 3 rings (SSSR count). The van der Waals surface area contributed by atoms with Crippen LogP contribution in [0.5, 0.6) is 0 Å². The minimum Gasteiger partial charge on any atom is -0.267 e. The lowest BCUT2D eigenvalue weighted by Crippen LogP contribution is -2.18. The molecule has 24 heavy (non-hydrogen) atoms. The van der Waals surface area contributed by atoms with Gasteiger partial charge in [-0.25, -0.2) is 5.43 Å². The number of benzene rings is 2. The maximum absolute atomic E-state index is 12.4. The number of nitrogens with one attached hydrogen (secondary N) is 1. The fourth-order valence-electron chi connectivity index (χ4n) is 2.37. The first-order valence-electron chi connectivity index (χ1n) is 7.37. The Balaban J connectivity index is 1.80. The molecular weight excluding hydrogens is 300 g/mol. The monoisotopic (exact) mass is 314 g/mol. The Morgan fingerprint density at radius 1 is 1.21 bits per heavy atom. The third-order valence-corrected chi connectivity index (χ3v) is 3.51. The van der Waals surface area contributed by atoms with Crippen LogP contribution in [0.15, 0.2) is 59.7 Å². The number of aryl methyl sites for hydroxylation is 1. The summed E-state index contributed by atoms with van der Waals surface area (Å²) in [7, 11) is 0. The Kier molecular flexibility index (Phi) is 4.30. The van der Waals surface area contributed by atoms with Crippen molar-refractivity contribution < 1.29 is 4.79 Å². The standard InChI is InChI=1S/C19H14N4O/c1-13-10-17(16-4-2-3-5-18(16)22-13)19(24)23-21-12-15-8-6-14(11-20)7-9-15/h2-10,12H,1H3,(H,23,24). The summed E-state index contributed by atoms with van der Waals surface area (Å²) in [5.74, 6) is -0.290. The number of pyridine rings is 1. The van der Waals surface area contributed by atoms with Crippen LogP contribution in [0.25, 0.3) is 10.9 Å². The molecule has 0 bridgehead atoms. The Morgan fingerprint density at radius 2 is 1.96 bits per heavy atom. The number of nitrogens with zero attached hydrogens (tertiary/aromatic N) is 3. The Bertz CT molecular complexity index is 969. The zero-order valence-electron chi connectivity index (χ0n) is 13.0. The normalized spacial score (nSPS) is 10.7. The molecule has 0 aliphatic heterocycles. The lowest BCUT2D eigenvalue weighted by molar-refractivity contribution is 0.0956. The molecule has 0 spiro atoms. The van der Waals surface area contributed by atoms with E-state index in [4.69, 9.17) is 5.26 Å². The van der Waals surface area contributed by atoms with Crippen LogP contribution in [-0.4, -0.2) is 17.1 Å². The Hall–Kier alpha value is -3.52. The predicted octanol–water partition coefficient (Wildman–Crippen LogP) is 3.18. The molecule has 1 heterocycles. The van der Waals surface area contributed by atoms with Gasteiger partial charge in [-0.1, -0.05) is 30.3 Å². The Morgan fingerprint density at radius 3 is 2.71 bits per heavy atom. The average molecular weight is 314 g/mol. The minimum absolute atomic E-state index is 0.290. The van der Waals surface area contributed by atoms with E-state index in [9.17, 15) is 4.79 Å². The minimum atomic E-state index is -0.290. The van der Waals surface area contributed by atoms with Gasteiger partial charge < -0.3 is 0 Å². The summed E-state index contributed by atoms with van der Waals surface area (Å²) >= 11 is 0. The van der Waals surface area contributed by atoms with Crippen LogP contribution in [0, 0.1) is 18.3 Å². The fourth-order valence-corrected chi connectivity index (χ4v) is 2.37. The summed E-state index contributed by atoms with van der Waals surface area (Å²) in [6.07, 6.45) is 1.54. The van der Waals surface area contributed by atoms with E-state index < -0.39 is 0 Å². The van der Waals surface area contributed by atoms with Crippen LogP contribution in [0.2, 0.25) is 0 Å². The molecule has 0 saturated heterocycles. The number of rotatable bonds is 3. The van der Waals surface area contributed by atoms with Crippen molar-refractivity contribution in [1.29, 1.82) is 5.26 Å². The van der Waals surface area contributed by atoms with Gasteiger partial charge in [-0.3, -0.25) is 9.78 Å². The molecule has 5 nitrogen and oxygen atoms in total. The number of amides is 1. The third-order valence-electron chi connectivity index (χ3n) is 3.51. The van der Waals surface area contributed by atoms with Crippen LogP contribution in [-0.2, 0) is 0 Å². The number of para-hydroxylation sites is 1. The van der Waals surface area contributed by atoms with Gasteiger partial charge in [-0.15, -0.1) is 0 Å². The first-order chi connectivity index (χ1) is 11.7. The first kappa shape index (κ1) is 15.4. The predicted molar refractivity (Wildman–Crippen MR) is 92.7 cm³/mol. The van der Waals surface area contributed by atoms with E-state index in [2.05, 4.69) is 21.6 Å². The van der Waals surface area contributed by atoms with E-state index >= 15 is 0 Å². The summed E-state index contributed by atoms with van der Waals surface area (Å²) in [6, 6.07) is 18.2. The first-order valence-corrected chi connectivity index (χ1v) is 7.37. The molecule has 0 radical (unpaired) electrons.